The molecule has 2 saturated heterocycles. The van der Waals surface area contributed by atoms with E-state index < -0.39 is 0 Å². The minimum absolute atomic E-state index is 0.230. The first-order chi connectivity index (χ1) is 18.1. The van der Waals surface area contributed by atoms with E-state index in [2.05, 4.69) is 45.8 Å². The predicted molar refractivity (Wildman–Crippen MR) is 150 cm³/mol. The fourth-order valence-corrected chi connectivity index (χ4v) is 6.87. The molecule has 2 N–H and O–H groups in total. The molecule has 1 unspecified atom stereocenters. The molecule has 5 rings (SSSR count). The number of hydrogen-bond donors (Lipinski definition) is 2. The summed E-state index contributed by atoms with van der Waals surface area (Å²) in [4.78, 5) is 22.4. The summed E-state index contributed by atoms with van der Waals surface area (Å²) < 4.78 is 5.65. The maximum absolute atomic E-state index is 12.7. The van der Waals surface area contributed by atoms with E-state index in [4.69, 9.17) is 9.72 Å². The molecule has 9 heteroatoms. The molecule has 2 amide bonds. The summed E-state index contributed by atoms with van der Waals surface area (Å²) in [6.07, 6.45) is 9.09. The van der Waals surface area contributed by atoms with Crippen LogP contribution in [0, 0.1) is 5.92 Å². The van der Waals surface area contributed by atoms with Gasteiger partial charge in [-0.2, -0.15) is 0 Å². The van der Waals surface area contributed by atoms with Gasteiger partial charge in [0.25, 0.3) is 0 Å². The molecule has 1 saturated carbocycles. The van der Waals surface area contributed by atoms with Gasteiger partial charge in [-0.1, -0.05) is 25.3 Å². The van der Waals surface area contributed by atoms with Crippen molar-refractivity contribution in [3.05, 3.63) is 29.1 Å². The number of methoxy groups -OCH3 is 1. The zero-order chi connectivity index (χ0) is 25.6. The number of nitrogens with one attached hydrogen (secondary N) is 2. The van der Waals surface area contributed by atoms with Gasteiger partial charge < -0.3 is 14.5 Å². The number of amides is 2. The average Bonchev–Trinajstić information content (AvgIpc) is 3.38. The number of ether oxygens (including phenoxy) is 1. The second-order valence-electron chi connectivity index (χ2n) is 11.0. The normalized spacial score (nSPS) is 22.6. The van der Waals surface area contributed by atoms with E-state index >= 15 is 0 Å². The smallest absolute Gasteiger partial charge is 0.335 e. The molecule has 0 radical (unpaired) electrons. The molecule has 1 atom stereocenters. The van der Waals surface area contributed by atoms with Gasteiger partial charge >= 0.3 is 6.03 Å². The number of nitrogens with zero attached hydrogens (tertiary/aromatic N) is 4. The topological polar surface area (TPSA) is 73.0 Å². The summed E-state index contributed by atoms with van der Waals surface area (Å²) in [5, 5.41) is 7.54. The molecular formula is C28H42N6O2S. The third-order valence-corrected chi connectivity index (χ3v) is 8.93. The van der Waals surface area contributed by atoms with Gasteiger partial charge in [-0.05, 0) is 68.8 Å². The average molecular weight is 527 g/mol. The largest absolute Gasteiger partial charge is 0.496 e. The third kappa shape index (κ3) is 7.02. The van der Waals surface area contributed by atoms with E-state index in [9.17, 15) is 4.79 Å². The maximum Gasteiger partial charge on any atom is 0.335 e. The van der Waals surface area contributed by atoms with E-state index in [0.29, 0.717) is 11.0 Å². The Bertz CT molecular complexity index is 1030. The number of likely N-dealkylation sites (tertiary alicyclic amines) is 1. The molecular weight excluding hydrogens is 484 g/mol. The van der Waals surface area contributed by atoms with Gasteiger partial charge in [-0.3, -0.25) is 10.7 Å². The van der Waals surface area contributed by atoms with Crippen molar-refractivity contribution in [3.8, 4) is 17.0 Å². The minimum Gasteiger partial charge on any atom is -0.496 e. The lowest BCUT2D eigenvalue weighted by Gasteiger charge is -2.38. The Kier molecular flexibility index (Phi) is 8.97. The molecule has 1 aromatic carbocycles. The van der Waals surface area contributed by atoms with Crippen LogP contribution >= 0.6 is 11.3 Å². The highest BCUT2D eigenvalue weighted by Crippen LogP contribution is 2.38. The van der Waals surface area contributed by atoms with E-state index in [1.165, 1.54) is 74.9 Å². The van der Waals surface area contributed by atoms with Gasteiger partial charge in [-0.25, -0.2) is 14.8 Å². The zero-order valence-corrected chi connectivity index (χ0v) is 23.2. The number of hydrogen-bond acceptors (Lipinski definition) is 7. The summed E-state index contributed by atoms with van der Waals surface area (Å²) in [5.41, 5.74) is 6.22. The quantitative estimate of drug-likeness (QED) is 0.537. The number of rotatable bonds is 7. The van der Waals surface area contributed by atoms with Crippen LogP contribution < -0.4 is 15.5 Å². The predicted octanol–water partition coefficient (Wildman–Crippen LogP) is 4.86. The maximum atomic E-state index is 12.7. The number of piperazine rings is 1. The minimum atomic E-state index is -0.230. The van der Waals surface area contributed by atoms with Crippen molar-refractivity contribution in [3.63, 3.8) is 0 Å². The van der Waals surface area contributed by atoms with Crippen LogP contribution in [-0.4, -0.2) is 85.8 Å². The number of hydrazine groups is 1. The van der Waals surface area contributed by atoms with Crippen LogP contribution in [-0.2, 0) is 0 Å². The number of benzene rings is 1. The van der Waals surface area contributed by atoms with Crippen molar-refractivity contribution in [1.29, 1.82) is 0 Å². The van der Waals surface area contributed by atoms with Gasteiger partial charge in [-0.15, -0.1) is 11.3 Å². The van der Waals surface area contributed by atoms with Crippen LogP contribution in [0.25, 0.3) is 11.3 Å². The summed E-state index contributed by atoms with van der Waals surface area (Å²) >= 11 is 1.45. The highest BCUT2D eigenvalue weighted by atomic mass is 32.1. The van der Waals surface area contributed by atoms with Gasteiger partial charge in [0.2, 0.25) is 0 Å². The molecule has 3 aliphatic rings. The van der Waals surface area contributed by atoms with E-state index in [1.54, 1.807) is 7.11 Å². The second kappa shape index (κ2) is 12.6. The molecule has 8 nitrogen and oxygen atoms in total. The van der Waals surface area contributed by atoms with Crippen molar-refractivity contribution >= 4 is 22.5 Å². The van der Waals surface area contributed by atoms with Crippen LogP contribution in [0.2, 0.25) is 0 Å². The van der Waals surface area contributed by atoms with E-state index in [1.807, 2.05) is 10.4 Å². The molecule has 2 aromatic rings. The lowest BCUT2D eigenvalue weighted by Crippen LogP contribution is -2.55. The molecule has 0 bridgehead atoms. The number of thiazole rings is 1. The van der Waals surface area contributed by atoms with Crippen LogP contribution in [0.3, 0.4) is 0 Å². The number of carbonyl (C=O) groups excluding carboxylic acids is 1. The van der Waals surface area contributed by atoms with E-state index in [-0.39, 0.29) is 6.03 Å². The molecule has 202 valence electrons. The Hall–Kier alpha value is -2.20. The van der Waals surface area contributed by atoms with Crippen molar-refractivity contribution < 1.29 is 9.53 Å². The monoisotopic (exact) mass is 526 g/mol. The van der Waals surface area contributed by atoms with Gasteiger partial charge in [0.15, 0.2) is 5.13 Å². The Morgan fingerprint density at radius 1 is 1.08 bits per heavy atom. The Balaban J connectivity index is 1.13. The number of urea groups is 1. The number of aromatic nitrogens is 1. The highest BCUT2D eigenvalue weighted by molar-refractivity contribution is 7.14. The van der Waals surface area contributed by atoms with Gasteiger partial charge in [0.1, 0.15) is 5.75 Å². The van der Waals surface area contributed by atoms with Crippen LogP contribution in [0.5, 0.6) is 5.75 Å². The van der Waals surface area contributed by atoms with Crippen LogP contribution in [0.15, 0.2) is 23.6 Å². The first-order valence-corrected chi connectivity index (χ1v) is 14.8. The molecule has 0 spiro atoms. The van der Waals surface area contributed by atoms with Crippen molar-refractivity contribution in [2.75, 3.05) is 65.3 Å². The zero-order valence-electron chi connectivity index (χ0n) is 22.4. The third-order valence-electron chi connectivity index (χ3n) is 8.17. The van der Waals surface area contributed by atoms with Gasteiger partial charge in [0.05, 0.1) is 12.8 Å². The Morgan fingerprint density at radius 2 is 1.89 bits per heavy atom. The van der Waals surface area contributed by atoms with E-state index in [0.717, 1.165) is 55.6 Å². The Morgan fingerprint density at radius 3 is 2.65 bits per heavy atom. The highest BCUT2D eigenvalue weighted by Gasteiger charge is 2.24. The summed E-state index contributed by atoms with van der Waals surface area (Å²) in [7, 11) is 3.93. The molecule has 3 fully saturated rings. The number of anilines is 1. The SMILES string of the molecule is COc1ccc(C2CCCCC2)cc1-c1csc(NC(=O)NN2CCN(CC3CCCN(C)C3)CC2)n1. The molecule has 2 aliphatic heterocycles. The Labute approximate surface area is 225 Å². The lowest BCUT2D eigenvalue weighted by atomic mass is 9.83. The summed E-state index contributed by atoms with van der Waals surface area (Å²) in [5.74, 6) is 2.20. The molecule has 3 heterocycles. The van der Waals surface area contributed by atoms with Crippen LogP contribution in [0.4, 0.5) is 9.93 Å². The number of piperidine rings is 1. The van der Waals surface area contributed by atoms with Crippen molar-refractivity contribution in [2.45, 2.75) is 50.9 Å². The standard InChI is InChI=1S/C28H42N6O2S/c1-32-12-6-7-21(18-32)19-33-13-15-34(16-14-33)31-27(35)30-28-29-25(20-37-28)24-17-23(10-11-26(24)36-2)22-8-4-3-5-9-22/h10-11,17,20-22H,3-9,12-16,18-19H2,1-2H3,(H2,29,30,31,35). The first-order valence-electron chi connectivity index (χ1n) is 13.9. The summed E-state index contributed by atoms with van der Waals surface area (Å²) in [6.45, 7) is 7.24. The number of carbonyl (C=O) groups is 1. The molecule has 37 heavy (non-hydrogen) atoms. The van der Waals surface area contributed by atoms with Crippen LogP contribution in [0.1, 0.15) is 56.4 Å². The van der Waals surface area contributed by atoms with Crippen molar-refractivity contribution in [1.82, 2.24) is 25.2 Å². The lowest BCUT2D eigenvalue weighted by molar-refractivity contribution is 0.0772. The fourth-order valence-electron chi connectivity index (χ4n) is 6.17. The second-order valence-corrected chi connectivity index (χ2v) is 11.8. The molecule has 1 aromatic heterocycles. The summed E-state index contributed by atoms with van der Waals surface area (Å²) in [6, 6.07) is 6.26. The first kappa shape index (κ1) is 26.4. The fraction of sp³-hybridized carbons (Fsp3) is 0.643. The van der Waals surface area contributed by atoms with Gasteiger partial charge in [0, 0.05) is 50.2 Å². The van der Waals surface area contributed by atoms with Crippen molar-refractivity contribution in [2.24, 2.45) is 5.92 Å². The molecule has 1 aliphatic carbocycles.